The molecule has 0 aliphatic rings. The topological polar surface area (TPSA) is 12.0 Å². The molecule has 0 saturated carbocycles. The average molecular weight is 308 g/mol. The lowest BCUT2D eigenvalue weighted by molar-refractivity contribution is 0.591. The van der Waals surface area contributed by atoms with Gasteiger partial charge in [-0.15, -0.1) is 0 Å². The van der Waals surface area contributed by atoms with E-state index in [0.29, 0.717) is 0 Å². The molecule has 0 amide bonds. The Bertz CT molecular complexity index is 561. The lowest BCUT2D eigenvalue weighted by Gasteiger charge is -2.19. The van der Waals surface area contributed by atoms with Gasteiger partial charge in [0.1, 0.15) is 0 Å². The maximum atomic E-state index is 6.26. The molecule has 0 fully saturated rings. The number of aryl methyl sites for hydroxylation is 1. The van der Waals surface area contributed by atoms with E-state index in [4.69, 9.17) is 23.2 Å². The largest absolute Gasteiger partial charge is 0.313 e. The van der Waals surface area contributed by atoms with Gasteiger partial charge in [-0.25, -0.2) is 0 Å². The molecule has 0 spiro atoms. The second-order valence-electron chi connectivity index (χ2n) is 4.84. The summed E-state index contributed by atoms with van der Waals surface area (Å²) >= 11 is 12.5. The Morgan fingerprint density at radius 3 is 2.30 bits per heavy atom. The normalized spacial score (nSPS) is 12.4. The van der Waals surface area contributed by atoms with Crippen LogP contribution in [0.5, 0.6) is 0 Å². The fourth-order valence-corrected chi connectivity index (χ4v) is 2.90. The van der Waals surface area contributed by atoms with Crippen LogP contribution in [0.3, 0.4) is 0 Å². The molecular weight excluding hydrogens is 289 g/mol. The fraction of sp³-hybridized carbons (Fsp3) is 0.294. The van der Waals surface area contributed by atoms with Crippen LogP contribution in [0.15, 0.2) is 42.5 Å². The summed E-state index contributed by atoms with van der Waals surface area (Å²) in [5.74, 6) is 0. The molecule has 0 heterocycles. The van der Waals surface area contributed by atoms with Crippen molar-refractivity contribution in [3.8, 4) is 0 Å². The first-order valence-corrected chi connectivity index (χ1v) is 7.60. The van der Waals surface area contributed by atoms with Crippen molar-refractivity contribution in [2.45, 2.75) is 25.8 Å². The highest BCUT2D eigenvalue weighted by molar-refractivity contribution is 6.36. The molecule has 1 atom stereocenters. The van der Waals surface area contributed by atoms with E-state index < -0.39 is 0 Å². The van der Waals surface area contributed by atoms with Gasteiger partial charge in [0, 0.05) is 16.1 Å². The number of hydrogen-bond donors (Lipinski definition) is 1. The quantitative estimate of drug-likeness (QED) is 0.814. The molecule has 0 aliphatic heterocycles. The molecule has 3 heteroatoms. The molecule has 0 radical (unpaired) electrons. The van der Waals surface area contributed by atoms with Gasteiger partial charge in [0.05, 0.1) is 0 Å². The molecule has 20 heavy (non-hydrogen) atoms. The Morgan fingerprint density at radius 1 is 1.05 bits per heavy atom. The SMILES string of the molecule is CCc1cccc(C(Cc2c(Cl)cccc2Cl)NC)c1. The van der Waals surface area contributed by atoms with Gasteiger partial charge >= 0.3 is 0 Å². The highest BCUT2D eigenvalue weighted by Crippen LogP contribution is 2.29. The molecule has 0 bridgehead atoms. The molecule has 2 aromatic rings. The van der Waals surface area contributed by atoms with Crippen LogP contribution in [0.2, 0.25) is 10.0 Å². The van der Waals surface area contributed by atoms with Gasteiger partial charge in [0.15, 0.2) is 0 Å². The van der Waals surface area contributed by atoms with Gasteiger partial charge < -0.3 is 5.32 Å². The van der Waals surface area contributed by atoms with Crippen LogP contribution in [0.4, 0.5) is 0 Å². The number of hydrogen-bond acceptors (Lipinski definition) is 1. The van der Waals surface area contributed by atoms with E-state index in [0.717, 1.165) is 28.5 Å². The van der Waals surface area contributed by atoms with E-state index in [-0.39, 0.29) is 6.04 Å². The highest BCUT2D eigenvalue weighted by atomic mass is 35.5. The number of likely N-dealkylation sites (N-methyl/N-ethyl adjacent to an activating group) is 1. The predicted molar refractivity (Wildman–Crippen MR) is 87.8 cm³/mol. The van der Waals surface area contributed by atoms with Crippen molar-refractivity contribution < 1.29 is 0 Å². The molecule has 106 valence electrons. The second kappa shape index (κ2) is 7.12. The minimum absolute atomic E-state index is 0.207. The Morgan fingerprint density at radius 2 is 1.70 bits per heavy atom. The lowest BCUT2D eigenvalue weighted by atomic mass is 9.97. The van der Waals surface area contributed by atoms with Crippen molar-refractivity contribution >= 4 is 23.2 Å². The smallest absolute Gasteiger partial charge is 0.0453 e. The predicted octanol–water partition coefficient (Wildman–Crippen LogP) is 5.06. The van der Waals surface area contributed by atoms with Crippen molar-refractivity contribution in [1.29, 1.82) is 0 Å². The zero-order chi connectivity index (χ0) is 14.5. The van der Waals surface area contributed by atoms with E-state index in [1.807, 2.05) is 25.2 Å². The van der Waals surface area contributed by atoms with Crippen LogP contribution in [-0.2, 0) is 12.8 Å². The zero-order valence-corrected chi connectivity index (χ0v) is 13.3. The van der Waals surface area contributed by atoms with Crippen molar-refractivity contribution in [2.75, 3.05) is 7.05 Å². The lowest BCUT2D eigenvalue weighted by Crippen LogP contribution is -2.19. The van der Waals surface area contributed by atoms with E-state index in [9.17, 15) is 0 Å². The molecule has 0 saturated heterocycles. The Balaban J connectivity index is 2.29. The average Bonchev–Trinajstić information content (AvgIpc) is 2.47. The highest BCUT2D eigenvalue weighted by Gasteiger charge is 2.14. The second-order valence-corrected chi connectivity index (χ2v) is 5.66. The first kappa shape index (κ1) is 15.4. The summed E-state index contributed by atoms with van der Waals surface area (Å²) in [4.78, 5) is 0. The molecule has 1 unspecified atom stereocenters. The minimum atomic E-state index is 0.207. The maximum Gasteiger partial charge on any atom is 0.0453 e. The summed E-state index contributed by atoms with van der Waals surface area (Å²) in [6.45, 7) is 2.17. The summed E-state index contributed by atoms with van der Waals surface area (Å²) in [7, 11) is 1.97. The van der Waals surface area contributed by atoms with Crippen LogP contribution < -0.4 is 5.32 Å². The zero-order valence-electron chi connectivity index (χ0n) is 11.8. The number of halogens is 2. The van der Waals surface area contributed by atoms with Crippen molar-refractivity contribution in [2.24, 2.45) is 0 Å². The van der Waals surface area contributed by atoms with Crippen LogP contribution in [0, 0.1) is 0 Å². The number of nitrogens with one attached hydrogen (secondary N) is 1. The summed E-state index contributed by atoms with van der Waals surface area (Å²) < 4.78 is 0. The number of rotatable bonds is 5. The van der Waals surface area contributed by atoms with Crippen LogP contribution in [-0.4, -0.2) is 7.05 Å². The Labute approximate surface area is 130 Å². The third-order valence-corrected chi connectivity index (χ3v) is 4.29. The fourth-order valence-electron chi connectivity index (χ4n) is 2.35. The standard InChI is InChI=1S/C17H19Cl2N/c1-3-12-6-4-7-13(10-12)17(20-2)11-14-15(18)8-5-9-16(14)19/h4-10,17,20H,3,11H2,1-2H3. The van der Waals surface area contributed by atoms with Gasteiger partial charge in [0.2, 0.25) is 0 Å². The number of benzene rings is 2. The van der Waals surface area contributed by atoms with Gasteiger partial charge in [-0.2, -0.15) is 0 Å². The summed E-state index contributed by atoms with van der Waals surface area (Å²) in [6.07, 6.45) is 1.82. The molecule has 2 rings (SSSR count). The van der Waals surface area contributed by atoms with Gasteiger partial charge in [-0.05, 0) is 48.7 Å². The van der Waals surface area contributed by atoms with E-state index in [1.165, 1.54) is 11.1 Å². The van der Waals surface area contributed by atoms with E-state index in [2.05, 4.69) is 36.5 Å². The monoisotopic (exact) mass is 307 g/mol. The van der Waals surface area contributed by atoms with Crippen molar-refractivity contribution in [3.05, 3.63) is 69.2 Å². The third-order valence-electron chi connectivity index (χ3n) is 3.58. The van der Waals surface area contributed by atoms with Crippen molar-refractivity contribution in [1.82, 2.24) is 5.32 Å². The van der Waals surface area contributed by atoms with Crippen LogP contribution in [0.1, 0.15) is 29.7 Å². The van der Waals surface area contributed by atoms with Gasteiger partial charge in [-0.1, -0.05) is 60.5 Å². The molecular formula is C17H19Cl2N. The molecule has 0 aliphatic carbocycles. The van der Waals surface area contributed by atoms with Crippen LogP contribution >= 0.6 is 23.2 Å². The Kier molecular flexibility index (Phi) is 5.47. The summed E-state index contributed by atoms with van der Waals surface area (Å²) in [5.41, 5.74) is 3.60. The van der Waals surface area contributed by atoms with E-state index in [1.54, 1.807) is 0 Å². The molecule has 1 nitrogen and oxygen atoms in total. The summed E-state index contributed by atoms with van der Waals surface area (Å²) in [5, 5.41) is 4.81. The Hall–Kier alpha value is -1.02. The third kappa shape index (κ3) is 3.54. The molecule has 0 aromatic heterocycles. The summed E-state index contributed by atoms with van der Waals surface area (Å²) in [6, 6.07) is 14.5. The first-order valence-electron chi connectivity index (χ1n) is 6.84. The van der Waals surface area contributed by atoms with Crippen molar-refractivity contribution in [3.63, 3.8) is 0 Å². The first-order chi connectivity index (χ1) is 9.65. The van der Waals surface area contributed by atoms with E-state index >= 15 is 0 Å². The minimum Gasteiger partial charge on any atom is -0.313 e. The molecule has 1 N–H and O–H groups in total. The van der Waals surface area contributed by atoms with Gasteiger partial charge in [-0.3, -0.25) is 0 Å². The van der Waals surface area contributed by atoms with Crippen LogP contribution in [0.25, 0.3) is 0 Å². The van der Waals surface area contributed by atoms with Gasteiger partial charge in [0.25, 0.3) is 0 Å². The maximum absolute atomic E-state index is 6.26. The molecule has 2 aromatic carbocycles.